The molecule has 0 radical (unpaired) electrons. The Balaban J connectivity index is 1.95. The van der Waals surface area contributed by atoms with Crippen LogP contribution >= 0.6 is 11.3 Å². The molecular formula is C14H15N3O4S2. The lowest BCUT2D eigenvalue weighted by atomic mass is 10.3. The number of benzene rings is 1. The summed E-state index contributed by atoms with van der Waals surface area (Å²) in [4.78, 5) is 4.34. The Morgan fingerprint density at radius 1 is 1.35 bits per heavy atom. The summed E-state index contributed by atoms with van der Waals surface area (Å²) in [7, 11) is -3.79. The average molecular weight is 353 g/mol. The SMILES string of the molecule is CCOc1ccc2nc(NS(=O)(=O)c3c(C)noc3C)sc2c1. The first-order valence-electron chi connectivity index (χ1n) is 6.90. The fourth-order valence-corrected chi connectivity index (χ4v) is 4.69. The first kappa shape index (κ1) is 15.8. The van der Waals surface area contributed by atoms with E-state index in [9.17, 15) is 8.42 Å². The minimum absolute atomic E-state index is 0.0479. The number of aryl methyl sites for hydroxylation is 2. The number of sulfonamides is 1. The molecule has 3 rings (SSSR count). The molecule has 0 fully saturated rings. The van der Waals surface area contributed by atoms with Crippen molar-refractivity contribution in [2.45, 2.75) is 25.7 Å². The molecule has 2 heterocycles. The van der Waals surface area contributed by atoms with Crippen LogP contribution in [0.25, 0.3) is 10.2 Å². The molecule has 0 spiro atoms. The second-order valence-corrected chi connectivity index (χ2v) is 7.49. The lowest BCUT2D eigenvalue weighted by Crippen LogP contribution is -2.14. The van der Waals surface area contributed by atoms with E-state index in [0.29, 0.717) is 17.8 Å². The predicted octanol–water partition coefficient (Wildman–Crippen LogP) is 3.10. The van der Waals surface area contributed by atoms with Crippen molar-refractivity contribution in [1.82, 2.24) is 10.1 Å². The van der Waals surface area contributed by atoms with E-state index in [2.05, 4.69) is 14.9 Å². The van der Waals surface area contributed by atoms with Crippen LogP contribution in [-0.4, -0.2) is 25.2 Å². The summed E-state index contributed by atoms with van der Waals surface area (Å²) < 4.78 is 38.6. The molecule has 1 N–H and O–H groups in total. The number of ether oxygens (including phenoxy) is 1. The van der Waals surface area contributed by atoms with Crippen LogP contribution in [0.3, 0.4) is 0 Å². The van der Waals surface area contributed by atoms with Gasteiger partial charge in [-0.3, -0.25) is 4.72 Å². The maximum Gasteiger partial charge on any atom is 0.269 e. The quantitative estimate of drug-likeness (QED) is 0.757. The van der Waals surface area contributed by atoms with Gasteiger partial charge in [0.2, 0.25) is 0 Å². The first-order chi connectivity index (χ1) is 10.9. The second-order valence-electron chi connectivity index (χ2n) is 4.84. The van der Waals surface area contributed by atoms with Gasteiger partial charge in [0.05, 0.1) is 16.8 Å². The third-order valence-corrected chi connectivity index (χ3v) is 5.77. The van der Waals surface area contributed by atoms with Crippen LogP contribution in [0.2, 0.25) is 0 Å². The maximum absolute atomic E-state index is 12.5. The molecule has 122 valence electrons. The summed E-state index contributed by atoms with van der Waals surface area (Å²) in [6, 6.07) is 5.44. The number of rotatable bonds is 5. The molecule has 2 aromatic heterocycles. The van der Waals surface area contributed by atoms with Crippen LogP contribution in [0.4, 0.5) is 5.13 Å². The highest BCUT2D eigenvalue weighted by Gasteiger charge is 2.25. The zero-order valence-electron chi connectivity index (χ0n) is 12.8. The minimum Gasteiger partial charge on any atom is -0.494 e. The largest absolute Gasteiger partial charge is 0.494 e. The van der Waals surface area contributed by atoms with Gasteiger partial charge < -0.3 is 9.26 Å². The van der Waals surface area contributed by atoms with Crippen molar-refractivity contribution < 1.29 is 17.7 Å². The summed E-state index contributed by atoms with van der Waals surface area (Å²) in [5.74, 6) is 0.971. The molecule has 0 bridgehead atoms. The van der Waals surface area contributed by atoms with Gasteiger partial charge in [-0.25, -0.2) is 13.4 Å². The third kappa shape index (κ3) is 3.02. The molecule has 0 saturated carbocycles. The van der Waals surface area contributed by atoms with Gasteiger partial charge in [0.1, 0.15) is 11.4 Å². The molecule has 0 aliphatic heterocycles. The number of fused-ring (bicyclic) bond motifs is 1. The lowest BCUT2D eigenvalue weighted by molar-refractivity contribution is 0.341. The van der Waals surface area contributed by atoms with E-state index in [4.69, 9.17) is 9.26 Å². The van der Waals surface area contributed by atoms with Crippen molar-refractivity contribution in [2.24, 2.45) is 0 Å². The highest BCUT2D eigenvalue weighted by molar-refractivity contribution is 7.93. The number of aromatic nitrogens is 2. The smallest absolute Gasteiger partial charge is 0.269 e. The summed E-state index contributed by atoms with van der Waals surface area (Å²) in [6.45, 7) is 5.61. The molecular weight excluding hydrogens is 338 g/mol. The molecule has 0 atom stereocenters. The van der Waals surface area contributed by atoms with E-state index in [1.54, 1.807) is 26.0 Å². The van der Waals surface area contributed by atoms with Gasteiger partial charge in [-0.15, -0.1) is 0 Å². The van der Waals surface area contributed by atoms with Gasteiger partial charge in [-0.05, 0) is 39.0 Å². The Bertz CT molecular complexity index is 940. The maximum atomic E-state index is 12.5. The fraction of sp³-hybridized carbons (Fsp3) is 0.286. The van der Waals surface area contributed by atoms with Crippen LogP contribution in [0.15, 0.2) is 27.6 Å². The molecule has 3 aromatic rings. The number of hydrogen-bond acceptors (Lipinski definition) is 7. The van der Waals surface area contributed by atoms with E-state index >= 15 is 0 Å². The highest BCUT2D eigenvalue weighted by atomic mass is 32.2. The van der Waals surface area contributed by atoms with Gasteiger partial charge in [-0.1, -0.05) is 16.5 Å². The Morgan fingerprint density at radius 2 is 2.13 bits per heavy atom. The Kier molecular flexibility index (Phi) is 3.99. The summed E-state index contributed by atoms with van der Waals surface area (Å²) in [6.07, 6.45) is 0. The molecule has 0 aliphatic rings. The fourth-order valence-electron chi connectivity index (χ4n) is 2.23. The van der Waals surface area contributed by atoms with Crippen LogP contribution in [0.1, 0.15) is 18.4 Å². The van der Waals surface area contributed by atoms with Crippen LogP contribution in [0, 0.1) is 13.8 Å². The Hall–Kier alpha value is -2.13. The van der Waals surface area contributed by atoms with Crippen LogP contribution in [-0.2, 0) is 10.0 Å². The minimum atomic E-state index is -3.79. The van der Waals surface area contributed by atoms with Crippen LogP contribution in [0.5, 0.6) is 5.75 Å². The molecule has 0 amide bonds. The molecule has 1 aromatic carbocycles. The van der Waals surface area contributed by atoms with Crippen LogP contribution < -0.4 is 9.46 Å². The summed E-state index contributed by atoms with van der Waals surface area (Å²) >= 11 is 1.24. The molecule has 9 heteroatoms. The predicted molar refractivity (Wildman–Crippen MR) is 87.6 cm³/mol. The van der Waals surface area contributed by atoms with E-state index in [1.165, 1.54) is 11.3 Å². The zero-order chi connectivity index (χ0) is 16.6. The van der Waals surface area contributed by atoms with Gasteiger partial charge in [0.25, 0.3) is 10.0 Å². The van der Waals surface area contributed by atoms with E-state index in [-0.39, 0.29) is 15.8 Å². The number of nitrogens with one attached hydrogen (secondary N) is 1. The molecule has 0 unspecified atom stereocenters. The van der Waals surface area contributed by atoms with Gasteiger partial charge in [-0.2, -0.15) is 0 Å². The van der Waals surface area contributed by atoms with Crippen molar-refractivity contribution in [3.63, 3.8) is 0 Å². The standard InChI is InChI=1S/C14H15N3O4S2/c1-4-20-10-5-6-11-12(7-10)22-14(15-11)17-23(18,19)13-8(2)16-21-9(13)3/h5-7H,4H2,1-3H3,(H,15,17). The normalized spacial score (nSPS) is 11.8. The first-order valence-corrected chi connectivity index (χ1v) is 9.19. The number of nitrogens with zero attached hydrogens (tertiary/aromatic N) is 2. The highest BCUT2D eigenvalue weighted by Crippen LogP contribution is 2.31. The Labute approximate surface area is 137 Å². The number of thiazole rings is 1. The van der Waals surface area contributed by atoms with Gasteiger partial charge >= 0.3 is 0 Å². The molecule has 0 saturated heterocycles. The second kappa shape index (κ2) is 5.82. The number of anilines is 1. The van der Waals surface area contributed by atoms with Crippen molar-refractivity contribution >= 4 is 36.7 Å². The average Bonchev–Trinajstić information content (AvgIpc) is 3.01. The lowest BCUT2D eigenvalue weighted by Gasteiger charge is -2.03. The van der Waals surface area contributed by atoms with E-state index in [0.717, 1.165) is 10.4 Å². The monoisotopic (exact) mass is 353 g/mol. The van der Waals surface area contributed by atoms with Crippen molar-refractivity contribution in [1.29, 1.82) is 0 Å². The van der Waals surface area contributed by atoms with Crippen molar-refractivity contribution in [2.75, 3.05) is 11.3 Å². The van der Waals surface area contributed by atoms with Gasteiger partial charge in [0.15, 0.2) is 15.8 Å². The molecule has 0 aliphatic carbocycles. The zero-order valence-corrected chi connectivity index (χ0v) is 14.4. The van der Waals surface area contributed by atoms with Gasteiger partial charge in [0, 0.05) is 0 Å². The summed E-state index contributed by atoms with van der Waals surface area (Å²) in [5.41, 5.74) is 1.02. The molecule has 7 nitrogen and oxygen atoms in total. The molecule has 23 heavy (non-hydrogen) atoms. The Morgan fingerprint density at radius 3 is 2.78 bits per heavy atom. The summed E-state index contributed by atoms with van der Waals surface area (Å²) in [5, 5.41) is 3.96. The number of hydrogen-bond donors (Lipinski definition) is 1. The van der Waals surface area contributed by atoms with Crippen molar-refractivity contribution in [3.8, 4) is 5.75 Å². The topological polar surface area (TPSA) is 94.3 Å². The van der Waals surface area contributed by atoms with E-state index in [1.807, 2.05) is 13.0 Å². The van der Waals surface area contributed by atoms with E-state index < -0.39 is 10.0 Å². The van der Waals surface area contributed by atoms with Crippen molar-refractivity contribution in [3.05, 3.63) is 29.7 Å². The third-order valence-electron chi connectivity index (χ3n) is 3.13.